The molecule has 0 bridgehead atoms. The normalized spacial score (nSPS) is 24.4. The summed E-state index contributed by atoms with van der Waals surface area (Å²) in [5.41, 5.74) is 2.45. The van der Waals surface area contributed by atoms with Gasteiger partial charge in [-0.3, -0.25) is 4.99 Å². The Labute approximate surface area is 228 Å². The van der Waals surface area contributed by atoms with E-state index in [0.717, 1.165) is 70.6 Å². The topological polar surface area (TPSA) is 97.8 Å². The lowest BCUT2D eigenvalue weighted by Crippen LogP contribution is -2.40. The fourth-order valence-corrected chi connectivity index (χ4v) is 7.76. The number of aliphatic imine (C=N–C) groups is 1. The first kappa shape index (κ1) is 26.6. The zero-order valence-electron chi connectivity index (χ0n) is 21.1. The monoisotopic (exact) mass is 558 g/mol. The first-order valence-corrected chi connectivity index (χ1v) is 15.4. The summed E-state index contributed by atoms with van der Waals surface area (Å²) in [4.78, 5) is 8.40. The van der Waals surface area contributed by atoms with Crippen molar-refractivity contribution < 1.29 is 13.5 Å². The quantitative estimate of drug-likeness (QED) is 0.290. The van der Waals surface area contributed by atoms with Gasteiger partial charge in [0.1, 0.15) is 5.04 Å². The summed E-state index contributed by atoms with van der Waals surface area (Å²) in [5, 5.41) is 16.1. The van der Waals surface area contributed by atoms with Crippen LogP contribution in [0, 0.1) is 6.92 Å². The molecule has 1 fully saturated rings. The van der Waals surface area contributed by atoms with Crippen molar-refractivity contribution >= 4 is 56.2 Å². The van der Waals surface area contributed by atoms with Gasteiger partial charge in [0.25, 0.3) is 10.0 Å². The molecule has 3 N–H and O–H groups in total. The average molecular weight is 559 g/mol. The van der Waals surface area contributed by atoms with Gasteiger partial charge in [-0.2, -0.15) is 0 Å². The van der Waals surface area contributed by atoms with Gasteiger partial charge in [0.05, 0.1) is 33.9 Å². The molecular weight excluding hydrogens is 525 g/mol. The Morgan fingerprint density at radius 2 is 1.97 bits per heavy atom. The van der Waals surface area contributed by atoms with Crippen LogP contribution in [-0.2, 0) is 10.0 Å². The van der Waals surface area contributed by atoms with Gasteiger partial charge < -0.3 is 15.4 Å². The molecule has 1 saturated carbocycles. The van der Waals surface area contributed by atoms with Crippen LogP contribution in [0.15, 0.2) is 58.4 Å². The molecule has 0 spiro atoms. The first-order valence-electron chi connectivity index (χ1n) is 12.7. The molecule has 1 aliphatic heterocycles. The highest BCUT2D eigenvalue weighted by atomic mass is 32.3. The number of aromatic amines is 1. The van der Waals surface area contributed by atoms with Crippen LogP contribution < -0.4 is 9.03 Å². The van der Waals surface area contributed by atoms with E-state index < -0.39 is 15.6 Å². The number of sulfonamides is 1. The molecule has 3 aromatic rings. The number of aliphatic hydroxyl groups is 1. The van der Waals surface area contributed by atoms with Gasteiger partial charge >= 0.3 is 0 Å². The van der Waals surface area contributed by atoms with Crippen LogP contribution >= 0.6 is 24.6 Å². The van der Waals surface area contributed by atoms with Crippen molar-refractivity contribution in [2.75, 3.05) is 16.8 Å². The predicted octanol–water partition coefficient (Wildman–Crippen LogP) is 5.05. The van der Waals surface area contributed by atoms with Crippen LogP contribution in [0.25, 0.3) is 10.9 Å². The number of anilines is 1. The molecule has 5 rings (SSSR count). The Morgan fingerprint density at radius 1 is 1.22 bits per heavy atom. The molecule has 1 aromatic heterocycles. The summed E-state index contributed by atoms with van der Waals surface area (Å²) < 4.78 is 27.6. The molecule has 1 unspecified atom stereocenters. The van der Waals surface area contributed by atoms with Crippen LogP contribution in [0.3, 0.4) is 0 Å². The number of para-hydroxylation sites is 1. The lowest BCUT2D eigenvalue weighted by molar-refractivity contribution is 0.0142. The Bertz CT molecular complexity index is 1410. The van der Waals surface area contributed by atoms with Crippen molar-refractivity contribution in [3.05, 3.63) is 59.8 Å². The van der Waals surface area contributed by atoms with Crippen molar-refractivity contribution in [1.82, 2.24) is 10.3 Å². The Hall–Kier alpha value is -1.98. The maximum atomic E-state index is 13.3. The highest BCUT2D eigenvalue weighted by Gasteiger charge is 2.29. The third kappa shape index (κ3) is 5.88. The lowest BCUT2D eigenvalue weighted by atomic mass is 9.83. The van der Waals surface area contributed by atoms with Gasteiger partial charge in [-0.15, -0.1) is 0 Å². The van der Waals surface area contributed by atoms with Crippen LogP contribution in [0.5, 0.6) is 0 Å². The van der Waals surface area contributed by atoms with E-state index in [0.29, 0.717) is 22.5 Å². The van der Waals surface area contributed by atoms with Crippen LogP contribution in [0.2, 0.25) is 0 Å². The number of thioether (sulfide) groups is 1. The fraction of sp³-hybridized carbons (Fsp3) is 0.444. The SMILES string of the molecule is Cc1cccc(S(=O)(=O)N(S)c2cccc3cc(C4=NCC(CCNC5CCC(C)(O)CC5)S4)[nH]c23)c1. The minimum absolute atomic E-state index is 0.206. The number of hydrogen-bond donors (Lipinski definition) is 4. The van der Waals surface area contributed by atoms with E-state index >= 15 is 0 Å². The van der Waals surface area contributed by atoms with Crippen molar-refractivity contribution in [2.45, 2.75) is 67.7 Å². The van der Waals surface area contributed by atoms with Crippen LogP contribution in [-0.4, -0.2) is 53.5 Å². The van der Waals surface area contributed by atoms with E-state index in [1.54, 1.807) is 36.0 Å². The summed E-state index contributed by atoms with van der Waals surface area (Å²) in [6.45, 7) is 5.50. The van der Waals surface area contributed by atoms with Gasteiger partial charge in [-0.1, -0.05) is 36.0 Å². The van der Waals surface area contributed by atoms with Crippen molar-refractivity contribution in [1.29, 1.82) is 0 Å². The van der Waals surface area contributed by atoms with Gasteiger partial charge in [-0.05, 0) is 95.1 Å². The Kier molecular flexibility index (Phi) is 7.66. The molecule has 2 heterocycles. The Morgan fingerprint density at radius 3 is 2.73 bits per heavy atom. The number of nitrogens with zero attached hydrogens (tertiary/aromatic N) is 2. The van der Waals surface area contributed by atoms with Crippen molar-refractivity contribution in [3.63, 3.8) is 0 Å². The number of hydrogen-bond acceptors (Lipinski definition) is 7. The highest BCUT2D eigenvalue weighted by molar-refractivity contribution is 8.15. The second-order valence-corrected chi connectivity index (χ2v) is 14.1. The molecule has 7 nitrogen and oxygen atoms in total. The molecule has 2 aliphatic rings. The number of rotatable bonds is 8. The van der Waals surface area contributed by atoms with Crippen LogP contribution in [0.4, 0.5) is 5.69 Å². The minimum atomic E-state index is -3.83. The molecule has 0 amide bonds. The molecule has 198 valence electrons. The summed E-state index contributed by atoms with van der Waals surface area (Å²) in [6.07, 6.45) is 4.77. The zero-order chi connectivity index (χ0) is 26.2. The molecule has 2 aromatic carbocycles. The highest BCUT2D eigenvalue weighted by Crippen LogP contribution is 2.35. The van der Waals surface area contributed by atoms with E-state index in [2.05, 4.69) is 23.1 Å². The lowest BCUT2D eigenvalue weighted by Gasteiger charge is -2.33. The van der Waals surface area contributed by atoms with E-state index in [1.807, 2.05) is 38.1 Å². The van der Waals surface area contributed by atoms with E-state index in [-0.39, 0.29) is 4.90 Å². The first-order chi connectivity index (χ1) is 17.6. The smallest absolute Gasteiger partial charge is 0.273 e. The fourth-order valence-electron chi connectivity index (χ4n) is 5.03. The number of thiol groups is 1. The van der Waals surface area contributed by atoms with Gasteiger partial charge in [0.15, 0.2) is 0 Å². The molecule has 1 atom stereocenters. The van der Waals surface area contributed by atoms with E-state index in [4.69, 9.17) is 4.99 Å². The third-order valence-electron chi connectivity index (χ3n) is 7.26. The number of aryl methyl sites for hydroxylation is 1. The second kappa shape index (κ2) is 10.6. The maximum absolute atomic E-state index is 13.3. The number of aromatic nitrogens is 1. The number of fused-ring (bicyclic) bond motifs is 1. The van der Waals surface area contributed by atoms with Crippen LogP contribution in [0.1, 0.15) is 50.3 Å². The molecule has 37 heavy (non-hydrogen) atoms. The predicted molar refractivity (Wildman–Crippen MR) is 156 cm³/mol. The largest absolute Gasteiger partial charge is 0.390 e. The second-order valence-electron chi connectivity index (χ2n) is 10.4. The summed E-state index contributed by atoms with van der Waals surface area (Å²) >= 11 is 6.19. The van der Waals surface area contributed by atoms with Crippen molar-refractivity contribution in [2.24, 2.45) is 4.99 Å². The van der Waals surface area contributed by atoms with Gasteiger partial charge in [0.2, 0.25) is 0 Å². The minimum Gasteiger partial charge on any atom is -0.390 e. The van der Waals surface area contributed by atoms with Gasteiger partial charge in [0, 0.05) is 16.7 Å². The zero-order valence-corrected chi connectivity index (χ0v) is 23.7. The van der Waals surface area contributed by atoms with E-state index in [1.165, 1.54) is 0 Å². The number of nitrogens with one attached hydrogen (secondary N) is 2. The molecule has 1 aliphatic carbocycles. The van der Waals surface area contributed by atoms with Crippen molar-refractivity contribution in [3.8, 4) is 0 Å². The summed E-state index contributed by atoms with van der Waals surface area (Å²) in [7, 11) is -3.83. The molecular formula is C27H34N4O3S3. The van der Waals surface area contributed by atoms with E-state index in [9.17, 15) is 13.5 Å². The molecule has 0 saturated heterocycles. The molecule has 10 heteroatoms. The summed E-state index contributed by atoms with van der Waals surface area (Å²) in [6, 6.07) is 14.9. The van der Waals surface area contributed by atoms with Gasteiger partial charge in [-0.25, -0.2) is 12.1 Å². The molecule has 0 radical (unpaired) electrons. The standard InChI is InChI=1S/C27H34N4O3S3/c1-18-5-3-7-22(15-18)37(33,34)31(35)24-8-4-6-19-16-23(30-25(19)24)26-29-17-21(36-26)11-14-28-20-9-12-27(2,32)13-10-20/h3-8,15-16,20-21,28,30,32,35H,9-14,17H2,1-2H3. The Balaban J connectivity index is 1.25. The number of H-pyrrole nitrogens is 1. The maximum Gasteiger partial charge on any atom is 0.273 e. The summed E-state index contributed by atoms with van der Waals surface area (Å²) in [5.74, 6) is 0. The average Bonchev–Trinajstić information content (AvgIpc) is 3.51. The number of benzene rings is 2. The third-order valence-corrected chi connectivity index (χ3v) is 10.9.